The SMILES string of the molecule is CN(Cc1cc(N(C)C)ccn1)Cc1cc(N(C)C)ccn1. The lowest BCUT2D eigenvalue weighted by Crippen LogP contribution is -2.19. The molecule has 5 heteroatoms. The molecule has 118 valence electrons. The van der Waals surface area contributed by atoms with E-state index >= 15 is 0 Å². The molecule has 0 radical (unpaired) electrons. The van der Waals surface area contributed by atoms with Gasteiger partial charge in [-0.2, -0.15) is 0 Å². The summed E-state index contributed by atoms with van der Waals surface area (Å²) < 4.78 is 0. The fourth-order valence-corrected chi connectivity index (χ4v) is 2.27. The Kier molecular flexibility index (Phi) is 5.33. The predicted octanol–water partition coefficient (Wildman–Crippen LogP) is 2.24. The number of rotatable bonds is 6. The molecule has 2 rings (SSSR count). The fourth-order valence-electron chi connectivity index (χ4n) is 2.27. The Hall–Kier alpha value is -2.14. The first-order chi connectivity index (χ1) is 10.5. The number of hydrogen-bond donors (Lipinski definition) is 0. The second kappa shape index (κ2) is 7.22. The van der Waals surface area contributed by atoms with E-state index in [4.69, 9.17) is 0 Å². The van der Waals surface area contributed by atoms with Crippen LogP contribution in [-0.2, 0) is 13.1 Å². The van der Waals surface area contributed by atoms with Gasteiger partial charge in [-0.15, -0.1) is 0 Å². The molecule has 2 heterocycles. The first kappa shape index (κ1) is 16.2. The normalized spacial score (nSPS) is 10.8. The summed E-state index contributed by atoms with van der Waals surface area (Å²) in [6.07, 6.45) is 3.73. The van der Waals surface area contributed by atoms with Gasteiger partial charge in [0.1, 0.15) is 0 Å². The molecule has 0 aliphatic rings. The Labute approximate surface area is 133 Å². The first-order valence-electron chi connectivity index (χ1n) is 7.39. The van der Waals surface area contributed by atoms with E-state index in [1.165, 1.54) is 11.4 Å². The quantitative estimate of drug-likeness (QED) is 0.817. The topological polar surface area (TPSA) is 35.5 Å². The maximum atomic E-state index is 4.45. The van der Waals surface area contributed by atoms with Crippen LogP contribution in [0.15, 0.2) is 36.7 Å². The number of pyridine rings is 2. The number of nitrogens with zero attached hydrogens (tertiary/aromatic N) is 5. The van der Waals surface area contributed by atoms with E-state index in [1.807, 2.05) is 52.7 Å². The van der Waals surface area contributed by atoms with Crippen molar-refractivity contribution in [2.45, 2.75) is 13.1 Å². The van der Waals surface area contributed by atoms with E-state index in [9.17, 15) is 0 Å². The zero-order valence-corrected chi connectivity index (χ0v) is 14.1. The summed E-state index contributed by atoms with van der Waals surface area (Å²) in [6.45, 7) is 1.60. The van der Waals surface area contributed by atoms with Gasteiger partial charge in [0.2, 0.25) is 0 Å². The van der Waals surface area contributed by atoms with Crippen LogP contribution < -0.4 is 9.80 Å². The van der Waals surface area contributed by atoms with Gasteiger partial charge < -0.3 is 9.80 Å². The molecule has 0 fully saturated rings. The summed E-state index contributed by atoms with van der Waals surface area (Å²) in [5.74, 6) is 0. The molecule has 0 amide bonds. The summed E-state index contributed by atoms with van der Waals surface area (Å²) in [5, 5.41) is 0. The molecule has 0 aliphatic heterocycles. The van der Waals surface area contributed by atoms with Crippen LogP contribution in [0.25, 0.3) is 0 Å². The minimum absolute atomic E-state index is 0.801. The highest BCUT2D eigenvalue weighted by molar-refractivity contribution is 5.45. The van der Waals surface area contributed by atoms with E-state index in [1.54, 1.807) is 0 Å². The third kappa shape index (κ3) is 4.43. The Morgan fingerprint density at radius 3 is 1.50 bits per heavy atom. The van der Waals surface area contributed by atoms with E-state index < -0.39 is 0 Å². The van der Waals surface area contributed by atoms with Gasteiger partial charge in [-0.1, -0.05) is 0 Å². The van der Waals surface area contributed by atoms with Crippen LogP contribution in [0.4, 0.5) is 11.4 Å². The van der Waals surface area contributed by atoms with Crippen molar-refractivity contribution in [1.29, 1.82) is 0 Å². The first-order valence-corrected chi connectivity index (χ1v) is 7.39. The van der Waals surface area contributed by atoms with Crippen LogP contribution in [0.5, 0.6) is 0 Å². The minimum atomic E-state index is 0.801. The smallest absolute Gasteiger partial charge is 0.0564 e. The van der Waals surface area contributed by atoms with Gasteiger partial charge in [0, 0.05) is 65.0 Å². The number of anilines is 2. The molecule has 0 aromatic carbocycles. The van der Waals surface area contributed by atoms with Crippen molar-refractivity contribution in [2.75, 3.05) is 45.0 Å². The summed E-state index contributed by atoms with van der Waals surface area (Å²) in [5.41, 5.74) is 4.48. The molecule has 5 nitrogen and oxygen atoms in total. The van der Waals surface area contributed by atoms with Crippen molar-refractivity contribution < 1.29 is 0 Å². The Morgan fingerprint density at radius 2 is 1.14 bits per heavy atom. The second-order valence-electron chi connectivity index (χ2n) is 5.97. The standard InChI is InChI=1S/C17H25N5/c1-20(2)16-6-8-18-14(10-16)12-22(5)13-15-11-17(21(3)4)7-9-19-15/h6-11H,12-13H2,1-5H3. The maximum absolute atomic E-state index is 4.45. The molecular formula is C17H25N5. The van der Waals surface area contributed by atoms with Gasteiger partial charge in [0.05, 0.1) is 11.4 Å². The third-order valence-corrected chi connectivity index (χ3v) is 3.50. The van der Waals surface area contributed by atoms with Crippen LogP contribution in [0.3, 0.4) is 0 Å². The van der Waals surface area contributed by atoms with E-state index in [0.29, 0.717) is 0 Å². The van der Waals surface area contributed by atoms with Crippen LogP contribution in [0.1, 0.15) is 11.4 Å². The molecule has 0 spiro atoms. The van der Waals surface area contributed by atoms with Gasteiger partial charge in [-0.25, -0.2) is 0 Å². The van der Waals surface area contributed by atoms with Crippen LogP contribution >= 0.6 is 0 Å². The van der Waals surface area contributed by atoms with Crippen molar-refractivity contribution in [3.63, 3.8) is 0 Å². The summed E-state index contributed by atoms with van der Waals surface area (Å²) >= 11 is 0. The maximum Gasteiger partial charge on any atom is 0.0564 e. The Morgan fingerprint density at radius 1 is 0.727 bits per heavy atom. The monoisotopic (exact) mass is 299 g/mol. The van der Waals surface area contributed by atoms with Crippen LogP contribution in [0.2, 0.25) is 0 Å². The van der Waals surface area contributed by atoms with Crippen molar-refractivity contribution in [2.24, 2.45) is 0 Å². The molecular weight excluding hydrogens is 274 g/mol. The van der Waals surface area contributed by atoms with Crippen molar-refractivity contribution in [3.8, 4) is 0 Å². The zero-order chi connectivity index (χ0) is 16.1. The largest absolute Gasteiger partial charge is 0.378 e. The van der Waals surface area contributed by atoms with Crippen molar-refractivity contribution in [1.82, 2.24) is 14.9 Å². The molecule has 0 N–H and O–H groups in total. The highest BCUT2D eigenvalue weighted by atomic mass is 15.1. The lowest BCUT2D eigenvalue weighted by Gasteiger charge is -2.19. The highest BCUT2D eigenvalue weighted by Gasteiger charge is 2.06. The minimum Gasteiger partial charge on any atom is -0.378 e. The Balaban J connectivity index is 2.02. The lowest BCUT2D eigenvalue weighted by molar-refractivity contribution is 0.311. The van der Waals surface area contributed by atoms with Gasteiger partial charge in [0.15, 0.2) is 0 Å². The van der Waals surface area contributed by atoms with Gasteiger partial charge in [-0.05, 0) is 31.3 Å². The molecule has 0 unspecified atom stereocenters. The van der Waals surface area contributed by atoms with Gasteiger partial charge in [-0.3, -0.25) is 14.9 Å². The molecule has 0 saturated heterocycles. The van der Waals surface area contributed by atoms with Crippen LogP contribution in [0, 0.1) is 0 Å². The van der Waals surface area contributed by atoms with E-state index in [2.05, 4.69) is 43.8 Å². The summed E-state index contributed by atoms with van der Waals surface area (Å²) in [6, 6.07) is 8.29. The molecule has 0 aliphatic carbocycles. The fraction of sp³-hybridized carbons (Fsp3) is 0.412. The van der Waals surface area contributed by atoms with Gasteiger partial charge >= 0.3 is 0 Å². The van der Waals surface area contributed by atoms with Crippen molar-refractivity contribution in [3.05, 3.63) is 48.0 Å². The zero-order valence-electron chi connectivity index (χ0n) is 14.1. The van der Waals surface area contributed by atoms with Crippen molar-refractivity contribution >= 4 is 11.4 Å². The molecule has 2 aromatic rings. The average Bonchev–Trinajstić information content (AvgIpc) is 2.47. The van der Waals surface area contributed by atoms with E-state index in [-0.39, 0.29) is 0 Å². The summed E-state index contributed by atoms with van der Waals surface area (Å²) in [4.78, 5) is 15.3. The van der Waals surface area contributed by atoms with Crippen LogP contribution in [-0.4, -0.2) is 50.1 Å². The number of aromatic nitrogens is 2. The molecule has 0 atom stereocenters. The second-order valence-corrected chi connectivity index (χ2v) is 5.97. The third-order valence-electron chi connectivity index (χ3n) is 3.50. The van der Waals surface area contributed by atoms with E-state index in [0.717, 1.165) is 24.5 Å². The molecule has 22 heavy (non-hydrogen) atoms. The average molecular weight is 299 g/mol. The van der Waals surface area contributed by atoms with Gasteiger partial charge in [0.25, 0.3) is 0 Å². The molecule has 2 aromatic heterocycles. The highest BCUT2D eigenvalue weighted by Crippen LogP contribution is 2.15. The lowest BCUT2D eigenvalue weighted by atomic mass is 10.2. The number of hydrogen-bond acceptors (Lipinski definition) is 5. The summed E-state index contributed by atoms with van der Waals surface area (Å²) in [7, 11) is 10.3. The predicted molar refractivity (Wildman–Crippen MR) is 92.3 cm³/mol. The molecule has 0 saturated carbocycles. The molecule has 0 bridgehead atoms. The Bertz CT molecular complexity index is 556.